The van der Waals surface area contributed by atoms with Gasteiger partial charge in [-0.1, -0.05) is 6.07 Å². The predicted molar refractivity (Wildman–Crippen MR) is 137 cm³/mol. The zero-order valence-electron chi connectivity index (χ0n) is 20.5. The predicted octanol–water partition coefficient (Wildman–Crippen LogP) is 4.72. The zero-order valence-corrected chi connectivity index (χ0v) is 22.1. The number of ether oxygens (including phenoxy) is 1. The molecule has 4 heterocycles. The van der Waals surface area contributed by atoms with Gasteiger partial charge in [0.2, 0.25) is 5.95 Å². The first-order valence-corrected chi connectivity index (χ1v) is 11.9. The molecule has 4 aromatic rings. The SMILES string of the molecule is Cc1cnc(-c2nc(C(C)(C)O)ncc2C)cc1-n1c(C)cc(OCc2cccc(F)n2)c(Br)c1=O. The highest BCUT2D eigenvalue weighted by Gasteiger charge is 2.22. The number of aryl methyl sites for hydroxylation is 3. The number of nitrogens with zero attached hydrogens (tertiary/aromatic N) is 5. The lowest BCUT2D eigenvalue weighted by Crippen LogP contribution is -2.23. The maximum atomic E-state index is 13.4. The van der Waals surface area contributed by atoms with E-state index in [4.69, 9.17) is 4.74 Å². The maximum Gasteiger partial charge on any atom is 0.273 e. The highest BCUT2D eigenvalue weighted by Crippen LogP contribution is 2.28. The molecule has 0 radical (unpaired) electrons. The van der Waals surface area contributed by atoms with E-state index in [1.165, 1.54) is 6.07 Å². The standard InChI is InChI=1S/C26H25BrFN5O3/c1-14-11-29-18(23-15(2)12-30-25(32-23)26(4,5)35)10-19(14)33-16(3)9-20(22(27)24(33)34)36-13-17-7-6-8-21(28)31-17/h6-12,35H,13H2,1-5H3. The monoisotopic (exact) mass is 553 g/mol. The van der Waals surface area contributed by atoms with Crippen molar-refractivity contribution < 1.29 is 14.2 Å². The number of aromatic nitrogens is 5. The topological polar surface area (TPSA) is 103 Å². The van der Waals surface area contributed by atoms with Gasteiger partial charge in [0.25, 0.3) is 5.56 Å². The molecular formula is C26H25BrFN5O3. The largest absolute Gasteiger partial charge is 0.486 e. The van der Waals surface area contributed by atoms with Crippen molar-refractivity contribution in [3.63, 3.8) is 0 Å². The van der Waals surface area contributed by atoms with E-state index in [9.17, 15) is 14.3 Å². The molecule has 0 atom stereocenters. The molecule has 0 saturated carbocycles. The van der Waals surface area contributed by atoms with Crippen molar-refractivity contribution in [3.8, 4) is 22.8 Å². The summed E-state index contributed by atoms with van der Waals surface area (Å²) in [6.45, 7) is 8.75. The molecule has 0 saturated heterocycles. The van der Waals surface area contributed by atoms with Gasteiger partial charge in [-0.2, -0.15) is 4.39 Å². The summed E-state index contributed by atoms with van der Waals surface area (Å²) >= 11 is 3.36. The Bertz CT molecular complexity index is 1510. The molecule has 8 nitrogen and oxygen atoms in total. The van der Waals surface area contributed by atoms with Crippen molar-refractivity contribution >= 4 is 15.9 Å². The van der Waals surface area contributed by atoms with Crippen molar-refractivity contribution in [1.29, 1.82) is 0 Å². The van der Waals surface area contributed by atoms with Gasteiger partial charge in [0.1, 0.15) is 22.4 Å². The summed E-state index contributed by atoms with van der Waals surface area (Å²) in [5.41, 5.74) is 2.79. The second-order valence-electron chi connectivity index (χ2n) is 8.99. The van der Waals surface area contributed by atoms with E-state index >= 15 is 0 Å². The van der Waals surface area contributed by atoms with Crippen molar-refractivity contribution in [2.45, 2.75) is 46.8 Å². The van der Waals surface area contributed by atoms with E-state index in [1.54, 1.807) is 62.0 Å². The Labute approximate surface area is 216 Å². The molecule has 36 heavy (non-hydrogen) atoms. The molecule has 186 valence electrons. The highest BCUT2D eigenvalue weighted by molar-refractivity contribution is 9.10. The number of halogens is 2. The average molecular weight is 554 g/mol. The Morgan fingerprint density at radius 2 is 1.81 bits per heavy atom. The van der Waals surface area contributed by atoms with E-state index in [0.717, 1.165) is 11.1 Å². The second-order valence-corrected chi connectivity index (χ2v) is 9.78. The Morgan fingerprint density at radius 3 is 2.50 bits per heavy atom. The molecule has 0 amide bonds. The Balaban J connectivity index is 1.75. The van der Waals surface area contributed by atoms with E-state index in [0.29, 0.717) is 34.2 Å². The van der Waals surface area contributed by atoms with Crippen LogP contribution in [0, 0.1) is 26.7 Å². The number of rotatable bonds is 6. The Kier molecular flexibility index (Phi) is 7.01. The van der Waals surface area contributed by atoms with E-state index in [1.807, 2.05) is 13.8 Å². The summed E-state index contributed by atoms with van der Waals surface area (Å²) in [5.74, 6) is 0.00457. The van der Waals surface area contributed by atoms with Crippen LogP contribution in [0.15, 0.2) is 52.0 Å². The summed E-state index contributed by atoms with van der Waals surface area (Å²) in [5, 5.41) is 10.4. The van der Waals surface area contributed by atoms with Gasteiger partial charge < -0.3 is 9.84 Å². The van der Waals surface area contributed by atoms with Crippen molar-refractivity contribution in [3.05, 3.63) is 91.8 Å². The fourth-order valence-corrected chi connectivity index (χ4v) is 4.05. The first-order valence-electron chi connectivity index (χ1n) is 11.2. The zero-order chi connectivity index (χ0) is 26.2. The van der Waals surface area contributed by atoms with Gasteiger partial charge in [0, 0.05) is 24.2 Å². The quantitative estimate of drug-likeness (QED) is 0.344. The van der Waals surface area contributed by atoms with Crippen molar-refractivity contribution in [2.24, 2.45) is 0 Å². The summed E-state index contributed by atoms with van der Waals surface area (Å²) in [6, 6.07) is 7.96. The average Bonchev–Trinajstić information content (AvgIpc) is 2.81. The molecule has 0 bridgehead atoms. The fraction of sp³-hybridized carbons (Fsp3) is 0.269. The van der Waals surface area contributed by atoms with Gasteiger partial charge in [-0.25, -0.2) is 15.0 Å². The normalized spacial score (nSPS) is 11.6. The molecule has 0 aliphatic rings. The van der Waals surface area contributed by atoms with Gasteiger partial charge in [-0.3, -0.25) is 14.3 Å². The summed E-state index contributed by atoms with van der Waals surface area (Å²) < 4.78 is 20.9. The van der Waals surface area contributed by atoms with Crippen LogP contribution in [0.1, 0.15) is 42.2 Å². The second kappa shape index (κ2) is 9.87. The molecule has 10 heteroatoms. The van der Waals surface area contributed by atoms with Gasteiger partial charge in [-0.15, -0.1) is 0 Å². The van der Waals surface area contributed by atoms with Crippen LogP contribution in [-0.2, 0) is 12.2 Å². The van der Waals surface area contributed by atoms with Gasteiger partial charge >= 0.3 is 0 Å². The van der Waals surface area contributed by atoms with Crippen LogP contribution in [0.3, 0.4) is 0 Å². The molecule has 0 aliphatic heterocycles. The summed E-state index contributed by atoms with van der Waals surface area (Å²) in [4.78, 5) is 30.5. The Morgan fingerprint density at radius 1 is 1.08 bits per heavy atom. The van der Waals surface area contributed by atoms with E-state index < -0.39 is 11.5 Å². The molecular weight excluding hydrogens is 529 g/mol. The number of hydrogen-bond acceptors (Lipinski definition) is 7. The summed E-state index contributed by atoms with van der Waals surface area (Å²) in [7, 11) is 0. The maximum absolute atomic E-state index is 13.4. The van der Waals surface area contributed by atoms with Crippen LogP contribution in [0.5, 0.6) is 5.75 Å². The number of aliphatic hydroxyl groups is 1. The van der Waals surface area contributed by atoms with Crippen LogP contribution in [0.2, 0.25) is 0 Å². The van der Waals surface area contributed by atoms with E-state index in [2.05, 4.69) is 35.9 Å². The van der Waals surface area contributed by atoms with Crippen LogP contribution < -0.4 is 10.3 Å². The third kappa shape index (κ3) is 5.19. The lowest BCUT2D eigenvalue weighted by Gasteiger charge is -2.18. The number of hydrogen-bond donors (Lipinski definition) is 1. The molecule has 0 unspecified atom stereocenters. The highest BCUT2D eigenvalue weighted by atomic mass is 79.9. The van der Waals surface area contributed by atoms with Crippen molar-refractivity contribution in [1.82, 2.24) is 24.5 Å². The molecule has 4 aromatic heterocycles. The molecule has 1 N–H and O–H groups in total. The van der Waals surface area contributed by atoms with Gasteiger partial charge in [0.05, 0.1) is 22.8 Å². The third-order valence-electron chi connectivity index (χ3n) is 5.53. The smallest absolute Gasteiger partial charge is 0.273 e. The lowest BCUT2D eigenvalue weighted by molar-refractivity contribution is 0.0688. The minimum Gasteiger partial charge on any atom is -0.486 e. The first kappa shape index (κ1) is 25.6. The van der Waals surface area contributed by atoms with Crippen LogP contribution >= 0.6 is 15.9 Å². The van der Waals surface area contributed by atoms with Crippen LogP contribution in [0.25, 0.3) is 17.1 Å². The molecule has 0 fully saturated rings. The first-order chi connectivity index (χ1) is 17.0. The fourth-order valence-electron chi connectivity index (χ4n) is 3.65. The molecule has 0 aliphatic carbocycles. The number of pyridine rings is 3. The van der Waals surface area contributed by atoms with Crippen LogP contribution in [-0.4, -0.2) is 29.6 Å². The van der Waals surface area contributed by atoms with Crippen LogP contribution in [0.4, 0.5) is 4.39 Å². The minimum atomic E-state index is -1.22. The molecule has 0 aromatic carbocycles. The lowest BCUT2D eigenvalue weighted by atomic mass is 10.1. The third-order valence-corrected chi connectivity index (χ3v) is 6.26. The van der Waals surface area contributed by atoms with E-state index in [-0.39, 0.29) is 22.5 Å². The van der Waals surface area contributed by atoms with Gasteiger partial charge in [0.15, 0.2) is 5.82 Å². The summed E-state index contributed by atoms with van der Waals surface area (Å²) in [6.07, 6.45) is 3.32. The molecule has 0 spiro atoms. The molecule has 4 rings (SSSR count). The Hall–Kier alpha value is -3.50. The minimum absolute atomic E-state index is 0.00815. The van der Waals surface area contributed by atoms with Crippen molar-refractivity contribution in [2.75, 3.05) is 0 Å². The van der Waals surface area contributed by atoms with Gasteiger partial charge in [-0.05, 0) is 79.9 Å².